The molecule has 0 radical (unpaired) electrons. The van der Waals surface area contributed by atoms with Crippen molar-refractivity contribution < 1.29 is 18.3 Å². The van der Waals surface area contributed by atoms with Gasteiger partial charge >= 0.3 is 0 Å². The molecular formula is C18H21N3O4S. The molecule has 26 heavy (non-hydrogen) atoms. The van der Waals surface area contributed by atoms with Crippen molar-refractivity contribution in [3.63, 3.8) is 0 Å². The first-order chi connectivity index (χ1) is 12.2. The van der Waals surface area contributed by atoms with Gasteiger partial charge in [-0.2, -0.15) is 5.10 Å². The van der Waals surface area contributed by atoms with Crippen LogP contribution in [-0.2, 0) is 14.8 Å². The minimum absolute atomic E-state index is 0.0421. The average molecular weight is 375 g/mol. The summed E-state index contributed by atoms with van der Waals surface area (Å²) in [5, 5.41) is 13.7. The molecule has 0 atom stereocenters. The van der Waals surface area contributed by atoms with Crippen molar-refractivity contribution in [1.82, 2.24) is 5.43 Å². The van der Waals surface area contributed by atoms with Crippen LogP contribution in [0.1, 0.15) is 18.1 Å². The first kappa shape index (κ1) is 19.5. The molecule has 0 fully saturated rings. The Bertz CT molecular complexity index is 922. The summed E-state index contributed by atoms with van der Waals surface area (Å²) in [6.07, 6.45) is 1.04. The Morgan fingerprint density at radius 3 is 2.35 bits per heavy atom. The third-order valence-corrected chi connectivity index (χ3v) is 4.79. The molecule has 8 heteroatoms. The first-order valence-electron chi connectivity index (χ1n) is 7.84. The number of rotatable bonds is 6. The molecule has 1 amide bonds. The molecule has 0 aliphatic rings. The van der Waals surface area contributed by atoms with Gasteiger partial charge < -0.3 is 5.11 Å². The van der Waals surface area contributed by atoms with E-state index in [9.17, 15) is 18.3 Å². The summed E-state index contributed by atoms with van der Waals surface area (Å²) in [6, 6.07) is 13.4. The van der Waals surface area contributed by atoms with E-state index >= 15 is 0 Å². The maximum Gasteiger partial charge on any atom is 0.260 e. The van der Waals surface area contributed by atoms with Crippen LogP contribution < -0.4 is 9.73 Å². The number of sulfonamides is 1. The van der Waals surface area contributed by atoms with Crippen molar-refractivity contribution in [2.24, 2.45) is 5.10 Å². The molecule has 0 saturated carbocycles. The van der Waals surface area contributed by atoms with E-state index in [1.807, 2.05) is 6.92 Å². The molecule has 0 unspecified atom stereocenters. The number of hydrogen-bond acceptors (Lipinski definition) is 5. The highest BCUT2D eigenvalue weighted by atomic mass is 32.2. The fourth-order valence-electron chi connectivity index (χ4n) is 2.26. The first-order valence-corrected chi connectivity index (χ1v) is 9.69. The Balaban J connectivity index is 2.14. The van der Waals surface area contributed by atoms with Gasteiger partial charge in [-0.15, -0.1) is 0 Å². The molecule has 0 heterocycles. The number of phenolic OH excluding ortho intramolecular Hbond substituents is 1. The molecule has 2 aromatic carbocycles. The van der Waals surface area contributed by atoms with Crippen LogP contribution in [0.25, 0.3) is 0 Å². The quantitative estimate of drug-likeness (QED) is 0.596. The van der Waals surface area contributed by atoms with Crippen LogP contribution in [0.5, 0.6) is 5.75 Å². The third kappa shape index (κ3) is 5.06. The number of aromatic hydroxyl groups is 1. The zero-order valence-corrected chi connectivity index (χ0v) is 15.6. The molecule has 2 rings (SSSR count). The van der Waals surface area contributed by atoms with Crippen LogP contribution in [0.4, 0.5) is 5.69 Å². The predicted octanol–water partition coefficient (Wildman–Crippen LogP) is 2.01. The van der Waals surface area contributed by atoms with E-state index in [-0.39, 0.29) is 5.75 Å². The van der Waals surface area contributed by atoms with Crippen LogP contribution in [0.3, 0.4) is 0 Å². The number of carbonyl (C=O) groups excluding carboxylic acids is 1. The molecule has 7 nitrogen and oxygen atoms in total. The average Bonchev–Trinajstić information content (AvgIpc) is 2.58. The van der Waals surface area contributed by atoms with E-state index in [2.05, 4.69) is 10.5 Å². The van der Waals surface area contributed by atoms with Crippen LogP contribution in [0.2, 0.25) is 0 Å². The second-order valence-electron chi connectivity index (χ2n) is 5.85. The molecule has 0 aromatic heterocycles. The molecular weight excluding hydrogens is 354 g/mol. The molecule has 0 aliphatic carbocycles. The molecule has 2 N–H and O–H groups in total. The highest BCUT2D eigenvalue weighted by molar-refractivity contribution is 7.92. The topological polar surface area (TPSA) is 99.1 Å². The van der Waals surface area contributed by atoms with Crippen molar-refractivity contribution in [3.8, 4) is 5.75 Å². The second-order valence-corrected chi connectivity index (χ2v) is 7.76. The summed E-state index contributed by atoms with van der Waals surface area (Å²) in [5.74, 6) is -0.550. The monoisotopic (exact) mass is 375 g/mol. The maximum absolute atomic E-state index is 12.2. The summed E-state index contributed by atoms with van der Waals surface area (Å²) >= 11 is 0. The Morgan fingerprint density at radius 1 is 1.15 bits per heavy atom. The number of hydrazone groups is 1. The summed E-state index contributed by atoms with van der Waals surface area (Å²) in [7, 11) is -3.64. The lowest BCUT2D eigenvalue weighted by molar-refractivity contribution is -0.119. The van der Waals surface area contributed by atoms with Crippen LogP contribution in [0.15, 0.2) is 53.6 Å². The van der Waals surface area contributed by atoms with E-state index < -0.39 is 22.5 Å². The van der Waals surface area contributed by atoms with Gasteiger partial charge in [-0.25, -0.2) is 13.8 Å². The van der Waals surface area contributed by atoms with Crippen molar-refractivity contribution in [3.05, 3.63) is 59.7 Å². The number of phenols is 1. The fourth-order valence-corrected chi connectivity index (χ4v) is 3.12. The largest absolute Gasteiger partial charge is 0.507 e. The highest BCUT2D eigenvalue weighted by Gasteiger charge is 2.20. The van der Waals surface area contributed by atoms with Gasteiger partial charge in [0.1, 0.15) is 12.3 Å². The van der Waals surface area contributed by atoms with Crippen LogP contribution in [-0.4, -0.2) is 37.9 Å². The van der Waals surface area contributed by atoms with Crippen molar-refractivity contribution in [1.29, 1.82) is 0 Å². The van der Waals surface area contributed by atoms with E-state index in [1.165, 1.54) is 6.07 Å². The van der Waals surface area contributed by atoms with Gasteiger partial charge in [-0.3, -0.25) is 9.10 Å². The second kappa shape index (κ2) is 8.01. The lowest BCUT2D eigenvalue weighted by atomic mass is 10.1. The molecule has 0 bridgehead atoms. The van der Waals surface area contributed by atoms with Gasteiger partial charge in [0, 0.05) is 5.56 Å². The van der Waals surface area contributed by atoms with Crippen LogP contribution >= 0.6 is 0 Å². The zero-order chi connectivity index (χ0) is 19.3. The van der Waals surface area contributed by atoms with Gasteiger partial charge in [0.05, 0.1) is 17.7 Å². The molecule has 0 aliphatic heterocycles. The van der Waals surface area contributed by atoms with Gasteiger partial charge in [-0.05, 0) is 38.1 Å². The van der Waals surface area contributed by atoms with Crippen molar-refractivity contribution >= 4 is 27.3 Å². The Kier molecular flexibility index (Phi) is 5.99. The Labute approximate surface area is 153 Å². The Hall–Kier alpha value is -2.87. The maximum atomic E-state index is 12.2. The van der Waals surface area contributed by atoms with E-state index in [0.29, 0.717) is 17.0 Å². The summed E-state index contributed by atoms with van der Waals surface area (Å²) in [5.41, 5.74) is 4.58. The summed E-state index contributed by atoms with van der Waals surface area (Å²) in [6.45, 7) is 3.11. The summed E-state index contributed by atoms with van der Waals surface area (Å²) < 4.78 is 25.1. The summed E-state index contributed by atoms with van der Waals surface area (Å²) in [4.78, 5) is 12.2. The zero-order valence-electron chi connectivity index (χ0n) is 14.8. The van der Waals surface area contributed by atoms with Crippen molar-refractivity contribution in [2.75, 3.05) is 17.1 Å². The number of para-hydroxylation sites is 1. The van der Waals surface area contributed by atoms with Crippen LogP contribution in [0, 0.1) is 6.92 Å². The standard InChI is InChI=1S/C18H21N3O4S/c1-13-8-10-15(11-9-13)21(26(3,24)25)12-18(23)20-19-14(2)16-6-4-5-7-17(16)22/h4-11,22H,12H2,1-3H3,(H,20,23)/b19-14-. The third-order valence-electron chi connectivity index (χ3n) is 3.65. The van der Waals surface area contributed by atoms with Gasteiger partial charge in [0.2, 0.25) is 10.0 Å². The lowest BCUT2D eigenvalue weighted by Gasteiger charge is -2.21. The van der Waals surface area contributed by atoms with Gasteiger partial charge in [0.15, 0.2) is 0 Å². The van der Waals surface area contributed by atoms with E-state index in [4.69, 9.17) is 0 Å². The number of nitrogens with zero attached hydrogens (tertiary/aromatic N) is 2. The van der Waals surface area contributed by atoms with E-state index in [0.717, 1.165) is 16.1 Å². The number of anilines is 1. The smallest absolute Gasteiger partial charge is 0.260 e. The number of carbonyl (C=O) groups is 1. The molecule has 0 spiro atoms. The van der Waals surface area contributed by atoms with Gasteiger partial charge in [0.25, 0.3) is 5.91 Å². The number of hydrogen-bond donors (Lipinski definition) is 2. The number of aryl methyl sites for hydroxylation is 1. The number of nitrogens with one attached hydrogen (secondary N) is 1. The van der Waals surface area contributed by atoms with Crippen molar-refractivity contribution in [2.45, 2.75) is 13.8 Å². The molecule has 138 valence electrons. The molecule has 2 aromatic rings. The molecule has 0 saturated heterocycles. The lowest BCUT2D eigenvalue weighted by Crippen LogP contribution is -2.39. The Morgan fingerprint density at radius 2 is 1.77 bits per heavy atom. The SMILES string of the molecule is C/C(=N/NC(=O)CN(c1ccc(C)cc1)S(C)(=O)=O)c1ccccc1O. The highest BCUT2D eigenvalue weighted by Crippen LogP contribution is 2.18. The number of amides is 1. The fraction of sp³-hybridized carbons (Fsp3) is 0.222. The van der Waals surface area contributed by atoms with E-state index in [1.54, 1.807) is 49.4 Å². The minimum Gasteiger partial charge on any atom is -0.507 e. The normalized spacial score (nSPS) is 11.9. The number of benzene rings is 2. The minimum atomic E-state index is -3.64. The predicted molar refractivity (Wildman–Crippen MR) is 102 cm³/mol. The van der Waals surface area contributed by atoms with Gasteiger partial charge in [-0.1, -0.05) is 29.8 Å².